The molecule has 33 heavy (non-hydrogen) atoms. The van der Waals surface area contributed by atoms with E-state index in [0.717, 1.165) is 4.90 Å². The number of hydrogen-bond donors (Lipinski definition) is 0. The number of carbonyl (C=O) groups excluding carboxylic acids is 2. The van der Waals surface area contributed by atoms with E-state index < -0.39 is 16.3 Å². The summed E-state index contributed by atoms with van der Waals surface area (Å²) in [5, 5.41) is 0. The summed E-state index contributed by atoms with van der Waals surface area (Å²) < 4.78 is 12.0. The first kappa shape index (κ1) is 26.5. The third-order valence-electron chi connectivity index (χ3n) is 4.46. The Morgan fingerprint density at radius 2 is 1.15 bits per heavy atom. The maximum Gasteiger partial charge on any atom is 0.338 e. The van der Waals surface area contributed by atoms with Crippen molar-refractivity contribution in [1.29, 1.82) is 0 Å². The minimum Gasteiger partial charge on any atom is -0.461 e. The molecule has 0 amide bonds. The zero-order valence-corrected chi connectivity index (χ0v) is 24.7. The molecule has 8 heteroatoms. The summed E-state index contributed by atoms with van der Waals surface area (Å²) in [7, 11) is -0.294. The molecule has 3 aromatic carbocycles. The Bertz CT molecular complexity index is 1050. The van der Waals surface area contributed by atoms with Gasteiger partial charge in [-0.15, -0.1) is 0 Å². The molecule has 3 rings (SSSR count). The second-order valence-electron chi connectivity index (χ2n) is 7.48. The van der Waals surface area contributed by atoms with E-state index in [9.17, 15) is 9.59 Å². The smallest absolute Gasteiger partial charge is 0.338 e. The maximum absolute atomic E-state index is 12.4. The first-order chi connectivity index (χ1) is 15.6. The minimum atomic E-state index is -0.766. The highest BCUT2D eigenvalue weighted by Gasteiger charge is 2.29. The van der Waals surface area contributed by atoms with Crippen molar-refractivity contribution in [3.8, 4) is 0 Å². The van der Waals surface area contributed by atoms with Gasteiger partial charge in [-0.3, -0.25) is 4.79 Å². The van der Waals surface area contributed by atoms with Crippen LogP contribution in [0.15, 0.2) is 87.5 Å². The van der Waals surface area contributed by atoms with E-state index >= 15 is 0 Å². The Morgan fingerprint density at radius 1 is 0.758 bits per heavy atom. The van der Waals surface area contributed by atoms with Crippen LogP contribution in [0.5, 0.6) is 0 Å². The molecule has 172 valence electrons. The fourth-order valence-corrected chi connectivity index (χ4v) is 5.68. The van der Waals surface area contributed by atoms with E-state index in [1.54, 1.807) is 26.0 Å². The Labute approximate surface area is 232 Å². The normalized spacial score (nSPS) is 11.3. The minimum absolute atomic E-state index is 0.00504. The van der Waals surface area contributed by atoms with Crippen LogP contribution < -0.4 is 0 Å². The summed E-state index contributed by atoms with van der Waals surface area (Å²) in [5.74, 6) is -0.847. The lowest BCUT2D eigenvalue weighted by Gasteiger charge is -2.14. The molecule has 0 saturated heterocycles. The lowest BCUT2D eigenvalue weighted by Crippen LogP contribution is -2.28. The van der Waals surface area contributed by atoms with Gasteiger partial charge in [0.25, 0.3) is 0 Å². The molecule has 0 heterocycles. The van der Waals surface area contributed by atoms with Gasteiger partial charge in [0.05, 0.1) is 16.5 Å². The van der Waals surface area contributed by atoms with Crippen LogP contribution in [0.3, 0.4) is 0 Å². The number of alkyl halides is 1. The third-order valence-corrected chi connectivity index (χ3v) is 8.45. The molecule has 0 radical (unpaired) electrons. The Morgan fingerprint density at radius 3 is 1.58 bits per heavy atom. The summed E-state index contributed by atoms with van der Waals surface area (Å²) in [6.45, 7) is 3.42. The number of ether oxygens (including phenoxy) is 2. The van der Waals surface area contributed by atoms with Crippen LogP contribution in [-0.4, -0.2) is 29.5 Å². The third kappa shape index (κ3) is 7.69. The molecule has 0 saturated carbocycles. The van der Waals surface area contributed by atoms with Gasteiger partial charge in [-0.25, -0.2) is 4.79 Å². The predicted octanol–water partition coefficient (Wildman–Crippen LogP) is 6.86. The number of esters is 2. The highest BCUT2D eigenvalue weighted by molar-refractivity contribution is 14.1. The highest BCUT2D eigenvalue weighted by atomic mass is 127. The average Bonchev–Trinajstić information content (AvgIpc) is 2.79. The van der Waals surface area contributed by atoms with Crippen molar-refractivity contribution in [3.05, 3.63) is 85.5 Å². The van der Waals surface area contributed by atoms with Crippen molar-refractivity contribution in [2.45, 2.75) is 32.9 Å². The summed E-state index contributed by atoms with van der Waals surface area (Å²) in [6.07, 6.45) is 0. The van der Waals surface area contributed by atoms with Crippen molar-refractivity contribution < 1.29 is 19.1 Å². The quantitative estimate of drug-likeness (QED) is 0.0830. The molecule has 0 atom stereocenters. The van der Waals surface area contributed by atoms with E-state index in [1.807, 2.05) is 12.1 Å². The molecule has 4 nitrogen and oxygen atoms in total. The van der Waals surface area contributed by atoms with Crippen molar-refractivity contribution in [2.75, 3.05) is 13.2 Å². The SMILES string of the molecule is CC(C)(Br)C(=O)OCCOC(=O)c1ccc([S+](c2ccc(I)cc2)c2ccc(I)cc2)cc1. The molecule has 0 aliphatic carbocycles. The van der Waals surface area contributed by atoms with Crippen molar-refractivity contribution in [2.24, 2.45) is 0 Å². The fraction of sp³-hybridized carbons (Fsp3) is 0.200. The van der Waals surface area contributed by atoms with Crippen molar-refractivity contribution >= 4 is 83.9 Å². The van der Waals surface area contributed by atoms with Gasteiger partial charge >= 0.3 is 11.9 Å². The van der Waals surface area contributed by atoms with Gasteiger partial charge in [0.2, 0.25) is 0 Å². The Hall–Kier alpha value is -1.11. The van der Waals surface area contributed by atoms with Gasteiger partial charge in [-0.1, -0.05) is 15.9 Å². The number of carbonyl (C=O) groups is 2. The second kappa shape index (κ2) is 12.0. The van der Waals surface area contributed by atoms with Gasteiger partial charge in [0.1, 0.15) is 17.5 Å². The fourth-order valence-electron chi connectivity index (χ4n) is 2.80. The van der Waals surface area contributed by atoms with Crippen LogP contribution in [0.1, 0.15) is 24.2 Å². The Kier molecular flexibility index (Phi) is 9.66. The molecule has 0 N–H and O–H groups in total. The zero-order chi connectivity index (χ0) is 24.0. The van der Waals surface area contributed by atoms with E-state index in [0.29, 0.717) is 5.56 Å². The van der Waals surface area contributed by atoms with Gasteiger partial charge in [-0.2, -0.15) is 0 Å². The molecule has 0 spiro atoms. The van der Waals surface area contributed by atoms with Crippen LogP contribution in [0.25, 0.3) is 0 Å². The predicted molar refractivity (Wildman–Crippen MR) is 151 cm³/mol. The zero-order valence-electron chi connectivity index (χ0n) is 18.0. The molecule has 0 unspecified atom stereocenters. The van der Waals surface area contributed by atoms with Crippen molar-refractivity contribution in [1.82, 2.24) is 0 Å². The van der Waals surface area contributed by atoms with Crippen molar-refractivity contribution in [3.63, 3.8) is 0 Å². The van der Waals surface area contributed by atoms with Gasteiger partial charge < -0.3 is 9.47 Å². The van der Waals surface area contributed by atoms with Crippen LogP contribution in [0, 0.1) is 7.14 Å². The second-order valence-corrected chi connectivity index (χ2v) is 14.0. The van der Waals surface area contributed by atoms with E-state index in [-0.39, 0.29) is 24.1 Å². The molecular weight excluding hydrogens is 730 g/mol. The highest BCUT2D eigenvalue weighted by Crippen LogP contribution is 2.32. The molecule has 0 aromatic heterocycles. The molecule has 3 aromatic rings. The van der Waals surface area contributed by atoms with Crippen LogP contribution in [0.2, 0.25) is 0 Å². The first-order valence-electron chi connectivity index (χ1n) is 10.0. The summed E-state index contributed by atoms with van der Waals surface area (Å²) in [5.41, 5.74) is 0.458. The molecular formula is C25H22BrI2O4S+. The van der Waals surface area contributed by atoms with E-state index in [4.69, 9.17) is 9.47 Å². The number of hydrogen-bond acceptors (Lipinski definition) is 4. The van der Waals surface area contributed by atoms with Gasteiger partial charge in [0.15, 0.2) is 14.7 Å². The lowest BCUT2D eigenvalue weighted by atomic mass is 10.2. The van der Waals surface area contributed by atoms with Gasteiger partial charge in [-0.05, 0) is 132 Å². The van der Waals surface area contributed by atoms with E-state index in [1.165, 1.54) is 16.9 Å². The monoisotopic (exact) mass is 751 g/mol. The van der Waals surface area contributed by atoms with Gasteiger partial charge in [0, 0.05) is 7.14 Å². The number of rotatable bonds is 8. The number of halogens is 3. The average molecular weight is 752 g/mol. The van der Waals surface area contributed by atoms with Crippen LogP contribution >= 0.6 is 61.1 Å². The molecule has 0 aliphatic rings. The molecule has 0 aliphatic heterocycles. The van der Waals surface area contributed by atoms with E-state index in [2.05, 4.69) is 110 Å². The summed E-state index contributed by atoms with van der Waals surface area (Å²) >= 11 is 7.85. The van der Waals surface area contributed by atoms with Crippen LogP contribution in [-0.2, 0) is 25.2 Å². The summed E-state index contributed by atoms with van der Waals surface area (Å²) in [6, 6.07) is 24.6. The maximum atomic E-state index is 12.4. The first-order valence-corrected chi connectivity index (χ1v) is 14.2. The van der Waals surface area contributed by atoms with Crippen LogP contribution in [0.4, 0.5) is 0 Å². The Balaban J connectivity index is 1.72. The standard InChI is InChI=1S/C25H22BrI2O4S/c1-25(2,26)24(30)32-16-15-31-23(29)17-3-9-20(10-4-17)33(21-11-5-18(27)6-12-21)22-13-7-19(28)8-14-22/h3-14H,15-16H2,1-2H3/q+1. The largest absolute Gasteiger partial charge is 0.461 e. The topological polar surface area (TPSA) is 52.6 Å². The lowest BCUT2D eigenvalue weighted by molar-refractivity contribution is -0.146. The molecule has 0 fully saturated rings. The number of benzene rings is 3. The summed E-state index contributed by atoms with van der Waals surface area (Å²) in [4.78, 5) is 27.7. The molecule has 0 bridgehead atoms.